The Balaban J connectivity index is 2.60. The average molecular weight is 249 g/mol. The van der Waals surface area contributed by atoms with E-state index >= 15 is 0 Å². The Morgan fingerprint density at radius 2 is 2.12 bits per heavy atom. The number of hydrogen-bond acceptors (Lipinski definition) is 4. The highest BCUT2D eigenvalue weighted by Gasteiger charge is 2.16. The molecule has 0 aliphatic carbocycles. The van der Waals surface area contributed by atoms with Crippen LogP contribution in [0.1, 0.15) is 38.7 Å². The van der Waals surface area contributed by atoms with Gasteiger partial charge in [0.15, 0.2) is 0 Å². The lowest BCUT2D eigenvalue weighted by Crippen LogP contribution is -2.20. The number of aromatic nitrogens is 2. The molecular formula is C13H19N3S. The summed E-state index contributed by atoms with van der Waals surface area (Å²) in [5.74, 6) is 0.475. The molecule has 2 rings (SSSR count). The molecule has 92 valence electrons. The van der Waals surface area contributed by atoms with Crippen molar-refractivity contribution in [1.82, 2.24) is 9.97 Å². The summed E-state index contributed by atoms with van der Waals surface area (Å²) in [6, 6.07) is 0. The van der Waals surface area contributed by atoms with E-state index in [-0.39, 0.29) is 0 Å². The average Bonchev–Trinajstić information content (AvgIpc) is 2.75. The zero-order valence-corrected chi connectivity index (χ0v) is 11.7. The zero-order chi connectivity index (χ0) is 12.4. The smallest absolute Gasteiger partial charge is 0.145 e. The fraction of sp³-hybridized carbons (Fsp3) is 0.538. The lowest BCUT2D eigenvalue weighted by atomic mass is 10.0. The topological polar surface area (TPSA) is 29.0 Å². The Bertz CT molecular complexity index is 504. The normalized spacial score (nSPS) is 11.4. The van der Waals surface area contributed by atoms with E-state index in [1.54, 1.807) is 11.3 Å². The van der Waals surface area contributed by atoms with Gasteiger partial charge in [-0.15, -0.1) is 11.3 Å². The summed E-state index contributed by atoms with van der Waals surface area (Å²) in [5, 5.41) is 0. The second kappa shape index (κ2) is 5.00. The van der Waals surface area contributed by atoms with Crippen molar-refractivity contribution >= 4 is 27.4 Å². The quantitative estimate of drug-likeness (QED) is 0.828. The second-order valence-electron chi connectivity index (χ2n) is 4.64. The highest BCUT2D eigenvalue weighted by Crippen LogP contribution is 2.33. The number of anilines is 1. The summed E-state index contributed by atoms with van der Waals surface area (Å²) in [5.41, 5.74) is 5.48. The first-order valence-corrected chi connectivity index (χ1v) is 6.96. The van der Waals surface area contributed by atoms with Crippen LogP contribution in [0.5, 0.6) is 0 Å². The zero-order valence-electron chi connectivity index (χ0n) is 10.9. The van der Waals surface area contributed by atoms with Gasteiger partial charge >= 0.3 is 0 Å². The van der Waals surface area contributed by atoms with E-state index in [0.717, 1.165) is 23.3 Å². The molecule has 0 unspecified atom stereocenters. The Morgan fingerprint density at radius 3 is 2.76 bits per heavy atom. The van der Waals surface area contributed by atoms with Crippen molar-refractivity contribution < 1.29 is 0 Å². The number of rotatable bonds is 4. The number of thiazole rings is 1. The van der Waals surface area contributed by atoms with E-state index in [4.69, 9.17) is 0 Å². The molecule has 2 heterocycles. The standard InChI is InChI=1S/C13H19N3S/c1-5-6-16(4)12-10(9(2)3)7-14-13-11(12)15-8-17-13/h7-9H,5-6H2,1-4H3. The molecule has 0 bridgehead atoms. The Hall–Kier alpha value is -1.16. The van der Waals surface area contributed by atoms with Gasteiger partial charge in [-0.1, -0.05) is 20.8 Å². The van der Waals surface area contributed by atoms with Gasteiger partial charge in [-0.25, -0.2) is 9.97 Å². The van der Waals surface area contributed by atoms with E-state index in [1.807, 2.05) is 11.7 Å². The van der Waals surface area contributed by atoms with Gasteiger partial charge in [0.2, 0.25) is 0 Å². The summed E-state index contributed by atoms with van der Waals surface area (Å²) in [7, 11) is 2.14. The van der Waals surface area contributed by atoms with Crippen LogP contribution in [0, 0.1) is 0 Å². The molecule has 0 amide bonds. The third-order valence-electron chi connectivity index (χ3n) is 2.93. The molecule has 0 fully saturated rings. The molecule has 0 saturated heterocycles. The highest BCUT2D eigenvalue weighted by atomic mass is 32.1. The van der Waals surface area contributed by atoms with E-state index in [0.29, 0.717) is 5.92 Å². The molecular weight excluding hydrogens is 230 g/mol. The first kappa shape index (κ1) is 12.3. The fourth-order valence-corrected chi connectivity index (χ4v) is 2.72. The molecule has 3 nitrogen and oxygen atoms in total. The number of hydrogen-bond donors (Lipinski definition) is 0. The first-order chi connectivity index (χ1) is 8.15. The minimum Gasteiger partial charge on any atom is -0.372 e. The van der Waals surface area contributed by atoms with Crippen LogP contribution in [0.3, 0.4) is 0 Å². The molecule has 0 N–H and O–H groups in total. The van der Waals surface area contributed by atoms with Gasteiger partial charge in [-0.05, 0) is 17.9 Å². The summed E-state index contributed by atoms with van der Waals surface area (Å²) in [6.07, 6.45) is 3.15. The molecule has 0 saturated carbocycles. The predicted molar refractivity (Wildman–Crippen MR) is 75.1 cm³/mol. The maximum absolute atomic E-state index is 4.49. The molecule has 4 heteroatoms. The molecule has 0 aromatic carbocycles. The molecule has 0 spiro atoms. The van der Waals surface area contributed by atoms with Crippen LogP contribution in [0.4, 0.5) is 5.69 Å². The highest BCUT2D eigenvalue weighted by molar-refractivity contribution is 7.16. The van der Waals surface area contributed by atoms with Gasteiger partial charge in [0.25, 0.3) is 0 Å². The monoisotopic (exact) mass is 249 g/mol. The number of pyridine rings is 1. The first-order valence-electron chi connectivity index (χ1n) is 6.08. The van der Waals surface area contributed by atoms with Crippen molar-refractivity contribution in [2.75, 3.05) is 18.5 Å². The van der Waals surface area contributed by atoms with Crippen LogP contribution < -0.4 is 4.90 Å². The third-order valence-corrected chi connectivity index (χ3v) is 3.66. The maximum Gasteiger partial charge on any atom is 0.145 e. The number of nitrogens with zero attached hydrogens (tertiary/aromatic N) is 3. The Morgan fingerprint density at radius 1 is 1.35 bits per heavy atom. The number of fused-ring (bicyclic) bond motifs is 1. The molecule has 0 atom stereocenters. The van der Waals surface area contributed by atoms with Crippen molar-refractivity contribution in [3.05, 3.63) is 17.3 Å². The Kier molecular flexibility index (Phi) is 3.62. The summed E-state index contributed by atoms with van der Waals surface area (Å²) < 4.78 is 0. The molecule has 2 aromatic rings. The molecule has 17 heavy (non-hydrogen) atoms. The molecule has 2 aromatic heterocycles. The summed E-state index contributed by atoms with van der Waals surface area (Å²) >= 11 is 1.61. The van der Waals surface area contributed by atoms with Crippen molar-refractivity contribution in [2.45, 2.75) is 33.1 Å². The van der Waals surface area contributed by atoms with Gasteiger partial charge in [0.1, 0.15) is 10.3 Å². The predicted octanol–water partition coefficient (Wildman–Crippen LogP) is 3.66. The lowest BCUT2D eigenvalue weighted by Gasteiger charge is -2.23. The van der Waals surface area contributed by atoms with Crippen LogP contribution in [0.15, 0.2) is 11.7 Å². The maximum atomic E-state index is 4.49. The van der Waals surface area contributed by atoms with Crippen molar-refractivity contribution in [3.63, 3.8) is 0 Å². The SMILES string of the molecule is CCCN(C)c1c(C(C)C)cnc2scnc12. The van der Waals surface area contributed by atoms with E-state index in [2.05, 4.69) is 42.7 Å². The van der Waals surface area contributed by atoms with Gasteiger partial charge in [0, 0.05) is 19.8 Å². The minimum atomic E-state index is 0.475. The van der Waals surface area contributed by atoms with Gasteiger partial charge in [-0.3, -0.25) is 0 Å². The van der Waals surface area contributed by atoms with Gasteiger partial charge in [-0.2, -0.15) is 0 Å². The van der Waals surface area contributed by atoms with Crippen LogP contribution in [-0.4, -0.2) is 23.6 Å². The molecule has 0 radical (unpaired) electrons. The summed E-state index contributed by atoms with van der Waals surface area (Å²) in [6.45, 7) is 7.67. The van der Waals surface area contributed by atoms with E-state index in [9.17, 15) is 0 Å². The molecule has 0 aliphatic rings. The van der Waals surface area contributed by atoms with Crippen molar-refractivity contribution in [2.24, 2.45) is 0 Å². The van der Waals surface area contributed by atoms with Gasteiger partial charge in [0.05, 0.1) is 11.2 Å². The van der Waals surface area contributed by atoms with Crippen LogP contribution in [0.2, 0.25) is 0 Å². The van der Waals surface area contributed by atoms with Crippen molar-refractivity contribution in [1.29, 1.82) is 0 Å². The van der Waals surface area contributed by atoms with Crippen LogP contribution in [0.25, 0.3) is 10.3 Å². The molecule has 0 aliphatic heterocycles. The Labute approximate surface area is 107 Å². The van der Waals surface area contributed by atoms with Crippen LogP contribution >= 0.6 is 11.3 Å². The van der Waals surface area contributed by atoms with Crippen molar-refractivity contribution in [3.8, 4) is 0 Å². The fourth-order valence-electron chi connectivity index (χ4n) is 2.09. The van der Waals surface area contributed by atoms with E-state index in [1.165, 1.54) is 11.3 Å². The largest absolute Gasteiger partial charge is 0.372 e. The van der Waals surface area contributed by atoms with Gasteiger partial charge < -0.3 is 4.90 Å². The summed E-state index contributed by atoms with van der Waals surface area (Å²) in [4.78, 5) is 12.3. The third kappa shape index (κ3) is 2.27. The minimum absolute atomic E-state index is 0.475. The lowest BCUT2D eigenvalue weighted by molar-refractivity contribution is 0.815. The van der Waals surface area contributed by atoms with Crippen LogP contribution in [-0.2, 0) is 0 Å². The van der Waals surface area contributed by atoms with E-state index < -0.39 is 0 Å². The second-order valence-corrected chi connectivity index (χ2v) is 5.48.